The van der Waals surface area contributed by atoms with Crippen LogP contribution in [-0.4, -0.2) is 10.1 Å². The van der Waals surface area contributed by atoms with Crippen molar-refractivity contribution in [1.29, 1.82) is 0 Å². The van der Waals surface area contributed by atoms with Crippen molar-refractivity contribution >= 4 is 15.9 Å². The molecule has 1 aromatic carbocycles. The van der Waals surface area contributed by atoms with Gasteiger partial charge in [-0.3, -0.25) is 4.98 Å². The number of pyridine rings is 1. The quantitative estimate of drug-likeness (QED) is 0.931. The Bertz CT molecular complexity index is 553. The lowest BCUT2D eigenvalue weighted by Crippen LogP contribution is -2.02. The molecule has 0 bridgehead atoms. The minimum atomic E-state index is -0.548. The van der Waals surface area contributed by atoms with Crippen LogP contribution in [0.4, 0.5) is 0 Å². The van der Waals surface area contributed by atoms with Crippen molar-refractivity contribution in [2.75, 3.05) is 0 Å². The number of ether oxygens (including phenoxy) is 1. The first kappa shape index (κ1) is 14.0. The Morgan fingerprint density at radius 1 is 1.32 bits per heavy atom. The van der Waals surface area contributed by atoms with Gasteiger partial charge in [0, 0.05) is 16.2 Å². The molecular formula is C15H16BrNO2. The average molecular weight is 322 g/mol. The van der Waals surface area contributed by atoms with Gasteiger partial charge in [-0.25, -0.2) is 0 Å². The molecule has 0 amide bonds. The van der Waals surface area contributed by atoms with E-state index in [9.17, 15) is 5.11 Å². The zero-order chi connectivity index (χ0) is 13.8. The van der Waals surface area contributed by atoms with Crippen LogP contribution in [0.2, 0.25) is 0 Å². The Morgan fingerprint density at radius 2 is 2.11 bits per heavy atom. The van der Waals surface area contributed by atoms with E-state index in [1.54, 1.807) is 13.1 Å². The summed E-state index contributed by atoms with van der Waals surface area (Å²) in [7, 11) is 0. The molecule has 0 aliphatic rings. The zero-order valence-corrected chi connectivity index (χ0v) is 12.5. The predicted octanol–water partition coefficient (Wildman–Crippen LogP) is 3.78. The predicted molar refractivity (Wildman–Crippen MR) is 78.1 cm³/mol. The molecule has 0 aliphatic carbocycles. The van der Waals surface area contributed by atoms with Crippen molar-refractivity contribution in [3.63, 3.8) is 0 Å². The Labute approximate surface area is 121 Å². The van der Waals surface area contributed by atoms with Gasteiger partial charge in [-0.05, 0) is 53.5 Å². The highest BCUT2D eigenvalue weighted by Gasteiger charge is 2.09. The van der Waals surface area contributed by atoms with Gasteiger partial charge >= 0.3 is 0 Å². The number of rotatable bonds is 4. The van der Waals surface area contributed by atoms with E-state index in [0.29, 0.717) is 12.4 Å². The topological polar surface area (TPSA) is 42.4 Å². The van der Waals surface area contributed by atoms with Crippen molar-refractivity contribution in [1.82, 2.24) is 4.98 Å². The summed E-state index contributed by atoms with van der Waals surface area (Å²) in [4.78, 5) is 4.26. The van der Waals surface area contributed by atoms with E-state index in [1.807, 2.05) is 37.3 Å². The van der Waals surface area contributed by atoms with E-state index in [4.69, 9.17) is 4.74 Å². The number of hydrogen-bond acceptors (Lipinski definition) is 3. The standard InChI is InChI=1S/C15H16BrNO2/c1-10-3-6-14(11(2)18)15(7-10)19-9-13-5-4-12(16)8-17-13/h3-8,11,18H,9H2,1-2H3/t11-/m1/s1. The van der Waals surface area contributed by atoms with Gasteiger partial charge in [0.05, 0.1) is 11.8 Å². The maximum atomic E-state index is 9.73. The number of benzene rings is 1. The van der Waals surface area contributed by atoms with Crippen molar-refractivity contribution < 1.29 is 9.84 Å². The van der Waals surface area contributed by atoms with Crippen LogP contribution in [0.25, 0.3) is 0 Å². The van der Waals surface area contributed by atoms with E-state index in [2.05, 4.69) is 20.9 Å². The van der Waals surface area contributed by atoms with Crippen molar-refractivity contribution in [3.8, 4) is 5.75 Å². The highest BCUT2D eigenvalue weighted by Crippen LogP contribution is 2.27. The number of aliphatic hydroxyl groups excluding tert-OH is 1. The molecule has 19 heavy (non-hydrogen) atoms. The summed E-state index contributed by atoms with van der Waals surface area (Å²) in [5, 5.41) is 9.73. The van der Waals surface area contributed by atoms with Crippen LogP contribution in [0.15, 0.2) is 41.0 Å². The molecule has 1 atom stereocenters. The molecule has 2 rings (SSSR count). The molecule has 100 valence electrons. The Morgan fingerprint density at radius 3 is 2.74 bits per heavy atom. The van der Waals surface area contributed by atoms with Gasteiger partial charge in [0.1, 0.15) is 12.4 Å². The molecule has 3 nitrogen and oxygen atoms in total. The van der Waals surface area contributed by atoms with Crippen LogP contribution in [0, 0.1) is 6.92 Å². The molecule has 0 unspecified atom stereocenters. The molecule has 1 aromatic heterocycles. The first-order valence-electron chi connectivity index (χ1n) is 6.08. The summed E-state index contributed by atoms with van der Waals surface area (Å²) in [6.07, 6.45) is 1.19. The van der Waals surface area contributed by atoms with E-state index >= 15 is 0 Å². The Kier molecular flexibility index (Phi) is 4.56. The van der Waals surface area contributed by atoms with Crippen LogP contribution in [0.5, 0.6) is 5.75 Å². The first-order valence-corrected chi connectivity index (χ1v) is 6.87. The minimum Gasteiger partial charge on any atom is -0.487 e. The molecule has 0 spiro atoms. The molecule has 0 saturated heterocycles. The van der Waals surface area contributed by atoms with Crippen LogP contribution >= 0.6 is 15.9 Å². The van der Waals surface area contributed by atoms with Crippen LogP contribution in [0.3, 0.4) is 0 Å². The number of hydrogen-bond donors (Lipinski definition) is 1. The van der Waals surface area contributed by atoms with Gasteiger partial charge in [0.25, 0.3) is 0 Å². The van der Waals surface area contributed by atoms with Crippen LogP contribution in [0.1, 0.15) is 29.8 Å². The smallest absolute Gasteiger partial charge is 0.130 e. The Hall–Kier alpha value is -1.39. The third kappa shape index (κ3) is 3.78. The monoisotopic (exact) mass is 321 g/mol. The molecule has 0 saturated carbocycles. The summed E-state index contributed by atoms with van der Waals surface area (Å²) < 4.78 is 6.71. The number of nitrogens with zero attached hydrogens (tertiary/aromatic N) is 1. The molecule has 0 fully saturated rings. The summed E-state index contributed by atoms with van der Waals surface area (Å²) in [5.41, 5.74) is 2.74. The van der Waals surface area contributed by atoms with E-state index in [-0.39, 0.29) is 0 Å². The third-order valence-corrected chi connectivity index (χ3v) is 3.25. The normalized spacial score (nSPS) is 12.2. The van der Waals surface area contributed by atoms with Crippen LogP contribution in [-0.2, 0) is 6.61 Å². The van der Waals surface area contributed by atoms with E-state index in [0.717, 1.165) is 21.3 Å². The Balaban J connectivity index is 2.14. The molecule has 0 radical (unpaired) electrons. The summed E-state index contributed by atoms with van der Waals surface area (Å²) >= 11 is 3.35. The van der Waals surface area contributed by atoms with Gasteiger partial charge < -0.3 is 9.84 Å². The molecule has 4 heteroatoms. The maximum absolute atomic E-state index is 9.73. The highest BCUT2D eigenvalue weighted by atomic mass is 79.9. The zero-order valence-electron chi connectivity index (χ0n) is 10.9. The lowest BCUT2D eigenvalue weighted by atomic mass is 10.1. The fraction of sp³-hybridized carbons (Fsp3) is 0.267. The molecule has 0 aliphatic heterocycles. The van der Waals surface area contributed by atoms with Gasteiger partial charge in [0.15, 0.2) is 0 Å². The summed E-state index contributed by atoms with van der Waals surface area (Å²) in [5.74, 6) is 0.708. The first-order chi connectivity index (χ1) is 9.06. The maximum Gasteiger partial charge on any atom is 0.130 e. The minimum absolute atomic E-state index is 0.385. The number of aromatic nitrogens is 1. The second kappa shape index (κ2) is 6.17. The third-order valence-electron chi connectivity index (χ3n) is 2.78. The SMILES string of the molecule is Cc1ccc([C@@H](C)O)c(OCc2ccc(Br)cn2)c1. The molecule has 1 heterocycles. The van der Waals surface area contributed by atoms with Crippen molar-refractivity contribution in [3.05, 3.63) is 57.8 Å². The van der Waals surface area contributed by atoms with Gasteiger partial charge in [-0.2, -0.15) is 0 Å². The summed E-state index contributed by atoms with van der Waals surface area (Å²) in [6, 6.07) is 9.62. The van der Waals surface area contributed by atoms with Gasteiger partial charge in [0.2, 0.25) is 0 Å². The fourth-order valence-corrected chi connectivity index (χ4v) is 1.99. The highest BCUT2D eigenvalue weighted by molar-refractivity contribution is 9.10. The molecule has 1 N–H and O–H groups in total. The number of aryl methyl sites for hydroxylation is 1. The number of aliphatic hydroxyl groups is 1. The van der Waals surface area contributed by atoms with Crippen molar-refractivity contribution in [2.45, 2.75) is 26.6 Å². The molecular weight excluding hydrogens is 306 g/mol. The second-order valence-electron chi connectivity index (χ2n) is 4.47. The number of halogens is 1. The van der Waals surface area contributed by atoms with Crippen LogP contribution < -0.4 is 4.74 Å². The fourth-order valence-electron chi connectivity index (χ4n) is 1.76. The van der Waals surface area contributed by atoms with Crippen molar-refractivity contribution in [2.24, 2.45) is 0 Å². The van der Waals surface area contributed by atoms with Gasteiger partial charge in [-0.1, -0.05) is 12.1 Å². The summed E-state index contributed by atoms with van der Waals surface area (Å²) in [6.45, 7) is 4.11. The van der Waals surface area contributed by atoms with E-state index < -0.39 is 6.10 Å². The second-order valence-corrected chi connectivity index (χ2v) is 5.39. The average Bonchev–Trinajstić information content (AvgIpc) is 2.38. The lowest BCUT2D eigenvalue weighted by Gasteiger charge is -2.14. The molecule has 2 aromatic rings. The van der Waals surface area contributed by atoms with Gasteiger partial charge in [-0.15, -0.1) is 0 Å². The largest absolute Gasteiger partial charge is 0.487 e. The lowest BCUT2D eigenvalue weighted by molar-refractivity contribution is 0.190. The van der Waals surface area contributed by atoms with E-state index in [1.165, 1.54) is 0 Å².